The minimum absolute atomic E-state index is 0.0971. The first-order valence-electron chi connectivity index (χ1n) is 7.10. The molecule has 0 spiro atoms. The van der Waals surface area contributed by atoms with Gasteiger partial charge in [0.15, 0.2) is 6.10 Å². The number of hydrogen-bond acceptors (Lipinski definition) is 3. The number of benzene rings is 1. The molecule has 0 N–H and O–H groups in total. The van der Waals surface area contributed by atoms with Gasteiger partial charge >= 0.3 is 12.1 Å². The third-order valence-corrected chi connectivity index (χ3v) is 4.61. The lowest BCUT2D eigenvalue weighted by atomic mass is 9.75. The fourth-order valence-corrected chi connectivity index (χ4v) is 3.42. The van der Waals surface area contributed by atoms with Gasteiger partial charge in [0.05, 0.1) is 18.6 Å². The molecule has 1 aromatic carbocycles. The van der Waals surface area contributed by atoms with Crippen molar-refractivity contribution in [2.24, 2.45) is 5.41 Å². The monoisotopic (exact) mass is 392 g/mol. The summed E-state index contributed by atoms with van der Waals surface area (Å²) in [4.78, 5) is 0. The Morgan fingerprint density at radius 2 is 1.83 bits per heavy atom. The zero-order valence-electron chi connectivity index (χ0n) is 12.5. The van der Waals surface area contributed by atoms with E-state index in [2.05, 4.69) is 22.5 Å². The van der Waals surface area contributed by atoms with E-state index in [1.54, 1.807) is 31.2 Å². The molecule has 23 heavy (non-hydrogen) atoms. The van der Waals surface area contributed by atoms with Crippen molar-refractivity contribution in [1.82, 2.24) is 0 Å². The highest BCUT2D eigenvalue weighted by molar-refractivity contribution is 9.10. The Hall–Kier alpha value is -0.890. The van der Waals surface area contributed by atoms with E-state index >= 15 is 0 Å². The van der Waals surface area contributed by atoms with Crippen LogP contribution in [0.3, 0.4) is 0 Å². The minimum atomic E-state index is -4.51. The van der Waals surface area contributed by atoms with E-state index in [0.29, 0.717) is 11.1 Å². The van der Waals surface area contributed by atoms with Crippen LogP contribution in [0.5, 0.6) is 0 Å². The molecular weight excluding hydrogens is 377 g/mol. The average molecular weight is 393 g/mol. The summed E-state index contributed by atoms with van der Waals surface area (Å²) in [5, 5.41) is 0. The molecule has 0 aromatic heterocycles. The Kier molecular flexibility index (Phi) is 4.11. The van der Waals surface area contributed by atoms with E-state index in [1.807, 2.05) is 0 Å². The topological polar surface area (TPSA) is 27.7 Å². The largest absolute Gasteiger partial charge is 0.415 e. The molecule has 3 fully saturated rings. The lowest BCUT2D eigenvalue weighted by molar-refractivity contribution is -0.523. The predicted octanol–water partition coefficient (Wildman–Crippen LogP) is 4.52. The molecule has 1 unspecified atom stereocenters. The molecule has 126 valence electrons. The fraction of sp³-hybridized carbons (Fsp3) is 0.500. The zero-order valence-corrected chi connectivity index (χ0v) is 14.0. The number of rotatable bonds is 3. The van der Waals surface area contributed by atoms with Crippen molar-refractivity contribution in [2.75, 3.05) is 13.2 Å². The number of halogens is 4. The molecule has 0 saturated carbocycles. The van der Waals surface area contributed by atoms with Crippen LogP contribution >= 0.6 is 15.9 Å². The highest BCUT2D eigenvalue weighted by atomic mass is 79.9. The van der Waals surface area contributed by atoms with E-state index in [4.69, 9.17) is 14.2 Å². The second-order valence-electron chi connectivity index (χ2n) is 6.18. The highest BCUT2D eigenvalue weighted by Gasteiger charge is 2.66. The van der Waals surface area contributed by atoms with Crippen LogP contribution in [-0.4, -0.2) is 25.5 Å². The van der Waals surface area contributed by atoms with Crippen molar-refractivity contribution < 1.29 is 27.4 Å². The molecule has 2 bridgehead atoms. The van der Waals surface area contributed by atoms with Crippen LogP contribution in [0.15, 0.2) is 40.9 Å². The molecule has 1 aromatic rings. The summed E-state index contributed by atoms with van der Waals surface area (Å²) in [6.07, 6.45) is -6.34. The lowest BCUT2D eigenvalue weighted by Gasteiger charge is -2.56. The fourth-order valence-electron chi connectivity index (χ4n) is 3.16. The van der Waals surface area contributed by atoms with Gasteiger partial charge in [-0.1, -0.05) is 21.5 Å². The van der Waals surface area contributed by atoms with Crippen LogP contribution in [0.25, 0.3) is 0 Å². The Labute approximate surface area is 140 Å². The van der Waals surface area contributed by atoms with Crippen LogP contribution in [0, 0.1) is 5.41 Å². The molecule has 3 heterocycles. The van der Waals surface area contributed by atoms with Gasteiger partial charge in [-0.2, -0.15) is 13.2 Å². The summed E-state index contributed by atoms with van der Waals surface area (Å²) in [6, 6.07) is 6.64. The van der Waals surface area contributed by atoms with E-state index in [-0.39, 0.29) is 19.6 Å². The van der Waals surface area contributed by atoms with E-state index in [1.165, 1.54) is 0 Å². The van der Waals surface area contributed by atoms with Gasteiger partial charge in [-0.15, -0.1) is 6.58 Å². The molecule has 4 rings (SSSR count). The molecule has 3 nitrogen and oxygen atoms in total. The van der Waals surface area contributed by atoms with Crippen LogP contribution in [0.2, 0.25) is 0 Å². The second kappa shape index (κ2) is 5.58. The SMILES string of the molecule is C=C(C)CC12COC(c3ccc(Br)cc3)(OC1)OC2C(F)(F)F. The number of fused-ring (bicyclic) bond motifs is 3. The molecule has 0 aliphatic carbocycles. The van der Waals surface area contributed by atoms with Crippen LogP contribution in [-0.2, 0) is 20.2 Å². The number of alkyl halides is 3. The Morgan fingerprint density at radius 3 is 2.30 bits per heavy atom. The molecule has 3 aliphatic heterocycles. The van der Waals surface area contributed by atoms with Crippen LogP contribution in [0.4, 0.5) is 13.2 Å². The molecule has 1 atom stereocenters. The number of hydrogen-bond donors (Lipinski definition) is 0. The van der Waals surface area contributed by atoms with Crippen molar-refractivity contribution in [2.45, 2.75) is 31.6 Å². The summed E-state index contributed by atoms with van der Waals surface area (Å²) in [7, 11) is 0. The molecule has 3 saturated heterocycles. The summed E-state index contributed by atoms with van der Waals surface area (Å²) in [5.41, 5.74) is -0.257. The van der Waals surface area contributed by atoms with Crippen LogP contribution in [0.1, 0.15) is 18.9 Å². The maximum absolute atomic E-state index is 13.6. The Balaban J connectivity index is 1.97. The number of ether oxygens (including phenoxy) is 3. The summed E-state index contributed by atoms with van der Waals surface area (Å²) in [5.74, 6) is -1.81. The standard InChI is InChI=1S/C16H16BrF3O3/c1-10(2)7-14-8-21-16(22-9-14,23-13(14)15(18,19)20)11-3-5-12(17)6-4-11/h3-6,13H,1,7-9H2,2H3. The van der Waals surface area contributed by atoms with Gasteiger partial charge in [0.1, 0.15) is 0 Å². The predicted molar refractivity (Wildman–Crippen MR) is 80.5 cm³/mol. The van der Waals surface area contributed by atoms with Gasteiger partial charge in [0, 0.05) is 10.0 Å². The van der Waals surface area contributed by atoms with Crippen molar-refractivity contribution in [1.29, 1.82) is 0 Å². The van der Waals surface area contributed by atoms with Gasteiger partial charge < -0.3 is 14.2 Å². The normalized spacial score (nSPS) is 33.7. The maximum Gasteiger partial charge on any atom is 0.415 e. The van der Waals surface area contributed by atoms with Crippen molar-refractivity contribution in [3.63, 3.8) is 0 Å². The lowest BCUT2D eigenvalue weighted by Crippen LogP contribution is -2.66. The third-order valence-electron chi connectivity index (χ3n) is 4.08. The van der Waals surface area contributed by atoms with Crippen LogP contribution < -0.4 is 0 Å². The molecular formula is C16H16BrF3O3. The number of allylic oxidation sites excluding steroid dienone is 1. The van der Waals surface area contributed by atoms with Gasteiger partial charge in [-0.25, -0.2) is 0 Å². The van der Waals surface area contributed by atoms with E-state index in [0.717, 1.165) is 4.47 Å². The summed E-state index contributed by atoms with van der Waals surface area (Å²) < 4.78 is 58.1. The second-order valence-corrected chi connectivity index (χ2v) is 7.09. The van der Waals surface area contributed by atoms with E-state index < -0.39 is 23.7 Å². The quantitative estimate of drug-likeness (QED) is 0.707. The Morgan fingerprint density at radius 1 is 1.26 bits per heavy atom. The first kappa shape index (κ1) is 17.0. The first-order valence-corrected chi connectivity index (χ1v) is 7.89. The smallest absolute Gasteiger partial charge is 0.323 e. The Bertz CT molecular complexity index is 604. The van der Waals surface area contributed by atoms with Gasteiger partial charge in [0.25, 0.3) is 0 Å². The third kappa shape index (κ3) is 2.95. The minimum Gasteiger partial charge on any atom is -0.323 e. The van der Waals surface area contributed by atoms with Gasteiger partial charge in [-0.05, 0) is 37.6 Å². The molecule has 0 radical (unpaired) electrons. The maximum atomic E-state index is 13.6. The summed E-state index contributed by atoms with van der Waals surface area (Å²) in [6.45, 7) is 5.22. The van der Waals surface area contributed by atoms with Crippen molar-refractivity contribution >= 4 is 15.9 Å². The highest BCUT2D eigenvalue weighted by Crippen LogP contribution is 2.54. The average Bonchev–Trinajstić information content (AvgIpc) is 2.47. The molecule has 7 heteroatoms. The van der Waals surface area contributed by atoms with Gasteiger partial charge in [-0.3, -0.25) is 0 Å². The zero-order chi connectivity index (χ0) is 16.9. The van der Waals surface area contributed by atoms with Crippen molar-refractivity contribution in [3.8, 4) is 0 Å². The van der Waals surface area contributed by atoms with Crippen molar-refractivity contribution in [3.05, 3.63) is 46.5 Å². The molecule has 3 aliphatic rings. The summed E-state index contributed by atoms with van der Waals surface area (Å²) >= 11 is 3.29. The van der Waals surface area contributed by atoms with Gasteiger partial charge in [0.2, 0.25) is 0 Å². The molecule has 0 amide bonds. The van der Waals surface area contributed by atoms with E-state index in [9.17, 15) is 13.2 Å². The first-order chi connectivity index (χ1) is 10.7.